The van der Waals surface area contributed by atoms with E-state index in [1.807, 2.05) is 6.92 Å². The minimum absolute atomic E-state index is 0.108. The summed E-state index contributed by atoms with van der Waals surface area (Å²) in [6.45, 7) is 1.88. The van der Waals surface area contributed by atoms with E-state index < -0.39 is 0 Å². The van der Waals surface area contributed by atoms with Gasteiger partial charge in [0, 0.05) is 0 Å². The minimum Gasteiger partial charge on any atom is -0.393 e. The third kappa shape index (κ3) is 4.63. The van der Waals surface area contributed by atoms with Crippen molar-refractivity contribution in [3.05, 3.63) is 0 Å². The van der Waals surface area contributed by atoms with Gasteiger partial charge >= 0.3 is 0 Å². The lowest BCUT2D eigenvalue weighted by Crippen LogP contribution is -2.08. The summed E-state index contributed by atoms with van der Waals surface area (Å²) in [5.41, 5.74) is 0. The average Bonchev–Trinajstić information content (AvgIpc) is 2.05. The van der Waals surface area contributed by atoms with Gasteiger partial charge < -0.3 is 5.11 Å². The van der Waals surface area contributed by atoms with Gasteiger partial charge in [-0.15, -0.1) is 23.5 Å². The van der Waals surface area contributed by atoms with Gasteiger partial charge in [0.15, 0.2) is 0 Å². The molecule has 0 aromatic heterocycles. The fourth-order valence-electron chi connectivity index (χ4n) is 1.28. The average molecular weight is 206 g/mol. The zero-order valence-electron chi connectivity index (χ0n) is 7.66. The number of aliphatic hydroxyl groups excluding tert-OH is 1. The Balaban J connectivity index is 1.98. The van der Waals surface area contributed by atoms with Crippen LogP contribution in [0.1, 0.15) is 32.6 Å². The Morgan fingerprint density at radius 2 is 2.08 bits per heavy atom. The van der Waals surface area contributed by atoms with E-state index in [9.17, 15) is 0 Å². The summed E-state index contributed by atoms with van der Waals surface area (Å²) >= 11 is 4.19. The molecule has 0 saturated carbocycles. The number of rotatable bonds is 4. The second kappa shape index (κ2) is 6.17. The van der Waals surface area contributed by atoms with Crippen LogP contribution in [-0.4, -0.2) is 27.3 Å². The van der Waals surface area contributed by atoms with Gasteiger partial charge in [-0.2, -0.15) is 0 Å². The molecular formula is C9H18OS2. The van der Waals surface area contributed by atoms with Gasteiger partial charge in [-0.05, 0) is 44.1 Å². The predicted octanol–water partition coefficient (Wildman–Crippen LogP) is 2.73. The van der Waals surface area contributed by atoms with Crippen molar-refractivity contribution in [2.45, 2.75) is 43.3 Å². The molecule has 0 amide bonds. The van der Waals surface area contributed by atoms with Crippen molar-refractivity contribution in [1.82, 2.24) is 0 Å². The summed E-state index contributed by atoms with van der Waals surface area (Å²) in [5.74, 6) is 2.68. The number of hydrogen-bond donors (Lipinski definition) is 1. The van der Waals surface area contributed by atoms with Crippen LogP contribution in [0.25, 0.3) is 0 Å². The van der Waals surface area contributed by atoms with Gasteiger partial charge in [0.25, 0.3) is 0 Å². The topological polar surface area (TPSA) is 20.2 Å². The molecule has 1 atom stereocenters. The van der Waals surface area contributed by atoms with Crippen molar-refractivity contribution in [3.8, 4) is 0 Å². The third-order valence-corrected chi connectivity index (χ3v) is 5.04. The standard InChI is InChI=1S/C9H18OS2/c1-8(10)4-2-5-9-11-6-3-7-12-9/h8-10H,2-7H2,1H3/t8-/m0/s1. The fourth-order valence-corrected chi connectivity index (χ4v) is 4.24. The van der Waals surface area contributed by atoms with Crippen LogP contribution in [0.15, 0.2) is 0 Å². The van der Waals surface area contributed by atoms with Crippen LogP contribution >= 0.6 is 23.5 Å². The maximum Gasteiger partial charge on any atom is 0.0512 e. The van der Waals surface area contributed by atoms with Gasteiger partial charge in [-0.3, -0.25) is 0 Å². The van der Waals surface area contributed by atoms with Crippen molar-refractivity contribution in [2.24, 2.45) is 0 Å². The molecule has 1 nitrogen and oxygen atoms in total. The van der Waals surface area contributed by atoms with Gasteiger partial charge in [0.05, 0.1) is 10.7 Å². The molecule has 0 bridgehead atoms. The Labute approximate surface area is 83.7 Å². The second-order valence-electron chi connectivity index (χ2n) is 3.30. The summed E-state index contributed by atoms with van der Waals surface area (Å²) in [4.78, 5) is 0. The molecule has 0 aliphatic carbocycles. The molecule has 0 spiro atoms. The van der Waals surface area contributed by atoms with E-state index in [-0.39, 0.29) is 6.10 Å². The lowest BCUT2D eigenvalue weighted by atomic mass is 10.2. The second-order valence-corrected chi connectivity index (χ2v) is 6.22. The van der Waals surface area contributed by atoms with E-state index in [2.05, 4.69) is 23.5 Å². The molecule has 1 heterocycles. The monoisotopic (exact) mass is 206 g/mol. The first-order chi connectivity index (χ1) is 5.79. The van der Waals surface area contributed by atoms with Crippen molar-refractivity contribution in [2.75, 3.05) is 11.5 Å². The number of aliphatic hydroxyl groups is 1. The Morgan fingerprint density at radius 3 is 2.67 bits per heavy atom. The smallest absolute Gasteiger partial charge is 0.0512 e. The highest BCUT2D eigenvalue weighted by Gasteiger charge is 2.13. The molecule has 12 heavy (non-hydrogen) atoms. The largest absolute Gasteiger partial charge is 0.393 e. The van der Waals surface area contributed by atoms with Crippen molar-refractivity contribution >= 4 is 23.5 Å². The molecule has 1 aliphatic rings. The van der Waals surface area contributed by atoms with Crippen molar-refractivity contribution in [1.29, 1.82) is 0 Å². The Kier molecular flexibility index (Phi) is 5.52. The first-order valence-corrected chi connectivity index (χ1v) is 6.80. The van der Waals surface area contributed by atoms with Crippen molar-refractivity contribution < 1.29 is 5.11 Å². The molecule has 0 unspecified atom stereocenters. The predicted molar refractivity (Wildman–Crippen MR) is 58.9 cm³/mol. The van der Waals surface area contributed by atoms with Crippen LogP contribution < -0.4 is 0 Å². The molecule has 0 aromatic carbocycles. The fraction of sp³-hybridized carbons (Fsp3) is 1.00. The van der Waals surface area contributed by atoms with E-state index in [1.165, 1.54) is 30.8 Å². The van der Waals surface area contributed by atoms with Crippen LogP contribution in [0, 0.1) is 0 Å². The summed E-state index contributed by atoms with van der Waals surface area (Å²) < 4.78 is 0.817. The number of thioether (sulfide) groups is 2. The summed E-state index contributed by atoms with van der Waals surface area (Å²) in [7, 11) is 0. The maximum absolute atomic E-state index is 9.07. The van der Waals surface area contributed by atoms with E-state index in [0.29, 0.717) is 0 Å². The summed E-state index contributed by atoms with van der Waals surface area (Å²) in [6.07, 6.45) is 4.70. The molecule has 0 aromatic rings. The first-order valence-electron chi connectivity index (χ1n) is 4.70. The molecule has 1 N–H and O–H groups in total. The van der Waals surface area contributed by atoms with E-state index in [1.54, 1.807) is 0 Å². The Hall–Kier alpha value is 0.660. The van der Waals surface area contributed by atoms with Crippen LogP contribution in [0.3, 0.4) is 0 Å². The maximum atomic E-state index is 9.07. The van der Waals surface area contributed by atoms with Gasteiger partial charge in [0.2, 0.25) is 0 Å². The van der Waals surface area contributed by atoms with E-state index >= 15 is 0 Å². The quantitative estimate of drug-likeness (QED) is 0.764. The zero-order valence-corrected chi connectivity index (χ0v) is 9.29. The minimum atomic E-state index is -0.108. The lowest BCUT2D eigenvalue weighted by Gasteiger charge is -2.20. The molecule has 3 heteroatoms. The normalized spacial score (nSPS) is 22.5. The van der Waals surface area contributed by atoms with Gasteiger partial charge in [0.1, 0.15) is 0 Å². The first kappa shape index (κ1) is 10.7. The highest BCUT2D eigenvalue weighted by molar-refractivity contribution is 8.17. The van der Waals surface area contributed by atoms with E-state index in [0.717, 1.165) is 11.0 Å². The van der Waals surface area contributed by atoms with E-state index in [4.69, 9.17) is 5.11 Å². The highest BCUT2D eigenvalue weighted by Crippen LogP contribution is 2.33. The zero-order chi connectivity index (χ0) is 8.81. The van der Waals surface area contributed by atoms with Crippen LogP contribution in [0.2, 0.25) is 0 Å². The van der Waals surface area contributed by atoms with Crippen LogP contribution in [0.5, 0.6) is 0 Å². The summed E-state index contributed by atoms with van der Waals surface area (Å²) in [5, 5.41) is 9.07. The third-order valence-electron chi connectivity index (χ3n) is 1.96. The van der Waals surface area contributed by atoms with Gasteiger partial charge in [-0.25, -0.2) is 0 Å². The van der Waals surface area contributed by atoms with Crippen molar-refractivity contribution in [3.63, 3.8) is 0 Å². The molecule has 1 rings (SSSR count). The molecule has 1 aliphatic heterocycles. The molecule has 1 saturated heterocycles. The molecule has 1 fully saturated rings. The number of hydrogen-bond acceptors (Lipinski definition) is 3. The SMILES string of the molecule is C[C@H](O)CCCC1SCCCS1. The Bertz CT molecular complexity index is 111. The molecular weight excluding hydrogens is 188 g/mol. The van der Waals surface area contributed by atoms with Gasteiger partial charge in [-0.1, -0.05) is 0 Å². The molecule has 0 radical (unpaired) electrons. The molecule has 72 valence electrons. The highest BCUT2D eigenvalue weighted by atomic mass is 32.2. The lowest BCUT2D eigenvalue weighted by molar-refractivity contribution is 0.181. The summed E-state index contributed by atoms with van der Waals surface area (Å²) in [6, 6.07) is 0. The Morgan fingerprint density at radius 1 is 1.42 bits per heavy atom. The van der Waals surface area contributed by atoms with Crippen LogP contribution in [0.4, 0.5) is 0 Å². The van der Waals surface area contributed by atoms with Crippen LogP contribution in [-0.2, 0) is 0 Å².